The van der Waals surface area contributed by atoms with E-state index in [9.17, 15) is 0 Å². The molecule has 0 spiro atoms. The van der Waals surface area contributed by atoms with E-state index in [1.165, 1.54) is 22.0 Å². The number of rotatable bonds is 0. The molecule has 0 aromatic heterocycles. The minimum absolute atomic E-state index is 0.822. The molecule has 0 amide bonds. The highest BCUT2D eigenvalue weighted by atomic mass is 14.9. The molecule has 3 heterocycles. The van der Waals surface area contributed by atoms with Crippen molar-refractivity contribution in [2.24, 2.45) is 0 Å². The Balaban J connectivity index is 2.32. The van der Waals surface area contributed by atoms with E-state index in [1.807, 2.05) is 18.5 Å². The highest BCUT2D eigenvalue weighted by molar-refractivity contribution is 6.00. The summed E-state index contributed by atoms with van der Waals surface area (Å²) in [5.41, 5.74) is 11.7. The first-order valence-corrected chi connectivity index (χ1v) is 5.66. The summed E-state index contributed by atoms with van der Waals surface area (Å²) in [7, 11) is 0. The molecular weight excluding hydrogens is 210 g/mol. The topological polar surface area (TPSA) is 43.8 Å². The van der Waals surface area contributed by atoms with Crippen molar-refractivity contribution in [3.63, 3.8) is 0 Å². The molecule has 0 aliphatic carbocycles. The molecule has 17 heavy (non-hydrogen) atoms. The van der Waals surface area contributed by atoms with Crippen molar-refractivity contribution >= 4 is 22.8 Å². The summed E-state index contributed by atoms with van der Waals surface area (Å²) in [4.78, 5) is 4.23. The molecule has 4 rings (SSSR count). The van der Waals surface area contributed by atoms with Gasteiger partial charge in [0.15, 0.2) is 0 Å². The minimum Gasteiger partial charge on any atom is -0.399 e. The molecule has 3 aliphatic rings. The standard InChI is InChI=1S/C14H11N3/c15-11-4-9-2-1-3-17-8-10-6-16-7-13(10)12(5-11)14(9)17/h1,3-8H,2,15H2. The SMILES string of the molecule is Nc1cc2c3c(c1)c1cncc-1cn3C=CC2. The largest absolute Gasteiger partial charge is 0.399 e. The summed E-state index contributed by atoms with van der Waals surface area (Å²) in [6.07, 6.45) is 11.1. The van der Waals surface area contributed by atoms with Crippen molar-refractivity contribution in [3.8, 4) is 11.1 Å². The molecule has 0 fully saturated rings. The van der Waals surface area contributed by atoms with Crippen LogP contribution in [-0.4, -0.2) is 9.55 Å². The number of anilines is 1. The number of pyridine rings is 1. The Hall–Kier alpha value is -2.29. The fourth-order valence-corrected chi connectivity index (χ4v) is 2.67. The van der Waals surface area contributed by atoms with Crippen LogP contribution in [0.3, 0.4) is 0 Å². The van der Waals surface area contributed by atoms with Gasteiger partial charge in [-0.3, -0.25) is 4.98 Å². The second-order valence-electron chi connectivity index (χ2n) is 4.48. The van der Waals surface area contributed by atoms with Crippen molar-refractivity contribution in [1.82, 2.24) is 9.55 Å². The number of nitrogens with two attached hydrogens (primary N) is 1. The third kappa shape index (κ3) is 1.08. The number of hydrogen-bond donors (Lipinski definition) is 1. The average molecular weight is 221 g/mol. The van der Waals surface area contributed by atoms with Crippen molar-refractivity contribution in [1.29, 1.82) is 0 Å². The predicted octanol–water partition coefficient (Wildman–Crippen LogP) is 2.75. The van der Waals surface area contributed by atoms with Gasteiger partial charge < -0.3 is 10.3 Å². The first kappa shape index (κ1) is 8.82. The van der Waals surface area contributed by atoms with Gasteiger partial charge in [-0.2, -0.15) is 0 Å². The number of nitrogen functional groups attached to an aromatic ring is 1. The van der Waals surface area contributed by atoms with E-state index in [1.54, 1.807) is 0 Å². The summed E-state index contributed by atoms with van der Waals surface area (Å²) in [5.74, 6) is 0. The second kappa shape index (κ2) is 2.88. The Labute approximate surface area is 98.5 Å². The van der Waals surface area contributed by atoms with Gasteiger partial charge in [0.25, 0.3) is 0 Å². The average Bonchev–Trinajstić information content (AvgIpc) is 2.77. The van der Waals surface area contributed by atoms with Crippen LogP contribution < -0.4 is 5.73 Å². The Morgan fingerprint density at radius 3 is 3.12 bits per heavy atom. The minimum atomic E-state index is 0.822. The fourth-order valence-electron chi connectivity index (χ4n) is 2.67. The van der Waals surface area contributed by atoms with E-state index in [2.05, 4.69) is 34.1 Å². The van der Waals surface area contributed by atoms with Crippen molar-refractivity contribution in [3.05, 3.63) is 42.4 Å². The molecule has 3 heteroatoms. The van der Waals surface area contributed by atoms with Gasteiger partial charge in [-0.05, 0) is 24.1 Å². The molecule has 82 valence electrons. The Bertz CT molecular complexity index is 737. The van der Waals surface area contributed by atoms with Gasteiger partial charge in [-0.25, -0.2) is 0 Å². The van der Waals surface area contributed by atoms with Crippen molar-refractivity contribution in [2.45, 2.75) is 6.42 Å². The summed E-state index contributed by atoms with van der Waals surface area (Å²) >= 11 is 0. The van der Waals surface area contributed by atoms with Gasteiger partial charge in [0, 0.05) is 47.0 Å². The number of allylic oxidation sites excluding steroid dienone is 1. The van der Waals surface area contributed by atoms with Gasteiger partial charge in [0.2, 0.25) is 0 Å². The summed E-state index contributed by atoms with van der Waals surface area (Å²) in [6.45, 7) is 0. The first-order valence-electron chi connectivity index (χ1n) is 5.66. The van der Waals surface area contributed by atoms with Crippen LogP contribution in [0.1, 0.15) is 5.56 Å². The zero-order valence-electron chi connectivity index (χ0n) is 9.22. The molecule has 2 N–H and O–H groups in total. The molecule has 3 aliphatic heterocycles. The van der Waals surface area contributed by atoms with E-state index in [0.717, 1.165) is 17.7 Å². The molecule has 0 saturated carbocycles. The van der Waals surface area contributed by atoms with Gasteiger partial charge in [0.05, 0.1) is 5.52 Å². The van der Waals surface area contributed by atoms with Gasteiger partial charge in [0.1, 0.15) is 0 Å². The van der Waals surface area contributed by atoms with Gasteiger partial charge in [-0.1, -0.05) is 6.08 Å². The van der Waals surface area contributed by atoms with Crippen LogP contribution in [0.15, 0.2) is 36.8 Å². The normalized spacial score (nSPS) is 13.6. The van der Waals surface area contributed by atoms with Crippen molar-refractivity contribution < 1.29 is 0 Å². The smallest absolute Gasteiger partial charge is 0.0565 e. The number of fused-ring (bicyclic) bond motifs is 2. The maximum atomic E-state index is 5.98. The summed E-state index contributed by atoms with van der Waals surface area (Å²) in [6, 6.07) is 4.10. The third-order valence-corrected chi connectivity index (χ3v) is 3.37. The van der Waals surface area contributed by atoms with Crippen LogP contribution in [0.25, 0.3) is 28.2 Å². The van der Waals surface area contributed by atoms with Gasteiger partial charge in [-0.15, -0.1) is 0 Å². The van der Waals surface area contributed by atoms with Gasteiger partial charge >= 0.3 is 0 Å². The zero-order valence-corrected chi connectivity index (χ0v) is 9.22. The first-order chi connectivity index (χ1) is 8.33. The van der Waals surface area contributed by atoms with Crippen LogP contribution >= 0.6 is 0 Å². The van der Waals surface area contributed by atoms with Crippen LogP contribution in [0.4, 0.5) is 5.69 Å². The third-order valence-electron chi connectivity index (χ3n) is 3.37. The lowest BCUT2D eigenvalue weighted by molar-refractivity contribution is 1.12. The molecular formula is C14H11N3. The highest BCUT2D eigenvalue weighted by Crippen LogP contribution is 2.35. The highest BCUT2D eigenvalue weighted by Gasteiger charge is 2.15. The summed E-state index contributed by atoms with van der Waals surface area (Å²) < 4.78 is 2.16. The van der Waals surface area contributed by atoms with E-state index >= 15 is 0 Å². The molecule has 0 saturated heterocycles. The Morgan fingerprint density at radius 1 is 1.24 bits per heavy atom. The van der Waals surface area contributed by atoms with Crippen LogP contribution in [0, 0.1) is 0 Å². The lowest BCUT2D eigenvalue weighted by Crippen LogP contribution is -2.03. The van der Waals surface area contributed by atoms with Crippen LogP contribution in [0.2, 0.25) is 0 Å². The van der Waals surface area contributed by atoms with Crippen LogP contribution in [-0.2, 0) is 6.42 Å². The number of aromatic nitrogens is 2. The van der Waals surface area contributed by atoms with E-state index in [-0.39, 0.29) is 0 Å². The molecule has 3 nitrogen and oxygen atoms in total. The molecule has 1 aromatic rings. The second-order valence-corrected chi connectivity index (χ2v) is 4.48. The monoisotopic (exact) mass is 221 g/mol. The van der Waals surface area contributed by atoms with Crippen LogP contribution in [0.5, 0.6) is 0 Å². The molecule has 1 aromatic carbocycles. The zero-order chi connectivity index (χ0) is 11.4. The maximum Gasteiger partial charge on any atom is 0.0565 e. The van der Waals surface area contributed by atoms with E-state index in [4.69, 9.17) is 5.73 Å². The maximum absolute atomic E-state index is 5.98. The Morgan fingerprint density at radius 2 is 2.18 bits per heavy atom. The number of hydrogen-bond acceptors (Lipinski definition) is 2. The lowest BCUT2D eigenvalue weighted by Gasteiger charge is -2.18. The number of nitrogens with zero attached hydrogens (tertiary/aromatic N) is 2. The van der Waals surface area contributed by atoms with Crippen molar-refractivity contribution in [2.75, 3.05) is 5.73 Å². The molecule has 0 bridgehead atoms. The quantitative estimate of drug-likeness (QED) is 0.593. The van der Waals surface area contributed by atoms with E-state index in [0.29, 0.717) is 0 Å². The molecule has 0 atom stereocenters. The van der Waals surface area contributed by atoms with E-state index < -0.39 is 0 Å². The lowest BCUT2D eigenvalue weighted by atomic mass is 9.98. The molecule has 0 unspecified atom stereocenters. The predicted molar refractivity (Wildman–Crippen MR) is 69.8 cm³/mol. The number of benzene rings is 1. The molecule has 0 radical (unpaired) electrons. The fraction of sp³-hybridized carbons (Fsp3) is 0.0714. The Kier molecular flexibility index (Phi) is 1.50. The summed E-state index contributed by atoms with van der Waals surface area (Å²) in [5, 5.41) is 1.19.